The van der Waals surface area contributed by atoms with E-state index >= 15 is 0 Å². The van der Waals surface area contributed by atoms with Crippen LogP contribution in [0.4, 0.5) is 5.69 Å². The van der Waals surface area contributed by atoms with E-state index in [-0.39, 0.29) is 5.91 Å². The number of carbonyl (C=O) groups is 1. The van der Waals surface area contributed by atoms with Crippen LogP contribution in [0.25, 0.3) is 11.0 Å². The molecule has 0 saturated heterocycles. The van der Waals surface area contributed by atoms with Gasteiger partial charge in [0.2, 0.25) is 0 Å². The number of anilines is 1. The summed E-state index contributed by atoms with van der Waals surface area (Å²) in [7, 11) is 0. The monoisotopic (exact) mass is 238 g/mol. The summed E-state index contributed by atoms with van der Waals surface area (Å²) in [5, 5.41) is 3.61. The summed E-state index contributed by atoms with van der Waals surface area (Å²) in [6.45, 7) is 0. The molecule has 1 N–H and O–H groups in total. The van der Waals surface area contributed by atoms with Crippen LogP contribution in [-0.4, -0.2) is 10.9 Å². The Bertz CT molecular complexity index is 689. The molecule has 0 bridgehead atoms. The van der Waals surface area contributed by atoms with Gasteiger partial charge in [-0.2, -0.15) is 0 Å². The van der Waals surface area contributed by atoms with E-state index in [0.29, 0.717) is 16.8 Å². The van der Waals surface area contributed by atoms with Crippen molar-refractivity contribution in [3.63, 3.8) is 0 Å². The van der Waals surface area contributed by atoms with Crippen molar-refractivity contribution < 1.29 is 9.21 Å². The van der Waals surface area contributed by atoms with Crippen LogP contribution in [0.1, 0.15) is 10.4 Å². The molecule has 1 amide bonds. The van der Waals surface area contributed by atoms with Crippen molar-refractivity contribution in [1.82, 2.24) is 4.98 Å². The lowest BCUT2D eigenvalue weighted by molar-refractivity contribution is 0.102. The Morgan fingerprint density at radius 1 is 1.11 bits per heavy atom. The molecule has 0 aliphatic rings. The molecule has 18 heavy (non-hydrogen) atoms. The van der Waals surface area contributed by atoms with E-state index in [2.05, 4.69) is 10.3 Å². The van der Waals surface area contributed by atoms with E-state index in [0.717, 1.165) is 5.39 Å². The Hall–Kier alpha value is -2.62. The van der Waals surface area contributed by atoms with Crippen LogP contribution in [-0.2, 0) is 0 Å². The summed E-state index contributed by atoms with van der Waals surface area (Å²) in [6, 6.07) is 10.9. The van der Waals surface area contributed by atoms with E-state index < -0.39 is 0 Å². The number of aromatic nitrogens is 1. The first kappa shape index (κ1) is 10.5. The Kier molecular flexibility index (Phi) is 2.53. The van der Waals surface area contributed by atoms with Crippen molar-refractivity contribution in [2.75, 3.05) is 5.32 Å². The molecule has 0 saturated carbocycles. The Labute approximate surface area is 103 Å². The van der Waals surface area contributed by atoms with Gasteiger partial charge in [0.1, 0.15) is 11.8 Å². The average Bonchev–Trinajstić information content (AvgIpc) is 2.84. The van der Waals surface area contributed by atoms with Crippen molar-refractivity contribution in [2.24, 2.45) is 0 Å². The highest BCUT2D eigenvalue weighted by molar-refractivity contribution is 6.12. The normalized spacial score (nSPS) is 10.4. The van der Waals surface area contributed by atoms with Crippen LogP contribution in [0.3, 0.4) is 0 Å². The Balaban J connectivity index is 1.93. The standard InChI is InChI=1S/C14H10N2O2/c17-14(16-10-5-7-15-8-6-10)12-9-18-13-4-2-1-3-11(12)13/h1-9H,(H,15,16,17). The van der Waals surface area contributed by atoms with Gasteiger partial charge < -0.3 is 9.73 Å². The van der Waals surface area contributed by atoms with Gasteiger partial charge in [-0.15, -0.1) is 0 Å². The maximum atomic E-state index is 12.1. The number of carbonyl (C=O) groups excluding carboxylic acids is 1. The molecule has 0 unspecified atom stereocenters. The zero-order valence-corrected chi connectivity index (χ0v) is 9.46. The number of hydrogen-bond donors (Lipinski definition) is 1. The molecule has 2 heterocycles. The third-order valence-corrected chi connectivity index (χ3v) is 2.66. The number of para-hydroxylation sites is 1. The fourth-order valence-electron chi connectivity index (χ4n) is 1.79. The lowest BCUT2D eigenvalue weighted by atomic mass is 10.1. The van der Waals surface area contributed by atoms with Crippen LogP contribution < -0.4 is 5.32 Å². The zero-order valence-electron chi connectivity index (χ0n) is 9.46. The number of pyridine rings is 1. The molecule has 88 valence electrons. The second-order valence-corrected chi connectivity index (χ2v) is 3.84. The third kappa shape index (κ3) is 1.84. The van der Waals surface area contributed by atoms with E-state index in [9.17, 15) is 4.79 Å². The fraction of sp³-hybridized carbons (Fsp3) is 0. The molecule has 3 rings (SSSR count). The lowest BCUT2D eigenvalue weighted by Crippen LogP contribution is -2.11. The summed E-state index contributed by atoms with van der Waals surface area (Å²) < 4.78 is 5.33. The first-order valence-electron chi connectivity index (χ1n) is 5.52. The van der Waals surface area contributed by atoms with Gasteiger partial charge in [0.05, 0.1) is 5.56 Å². The minimum Gasteiger partial charge on any atom is -0.463 e. The smallest absolute Gasteiger partial charge is 0.259 e. The van der Waals surface area contributed by atoms with E-state index in [1.165, 1.54) is 6.26 Å². The minimum atomic E-state index is -0.189. The summed E-state index contributed by atoms with van der Waals surface area (Å²) in [6.07, 6.45) is 4.73. The predicted octanol–water partition coefficient (Wildman–Crippen LogP) is 3.08. The van der Waals surface area contributed by atoms with Crippen LogP contribution in [0, 0.1) is 0 Å². The first-order chi connectivity index (χ1) is 8.84. The zero-order chi connectivity index (χ0) is 12.4. The number of fused-ring (bicyclic) bond motifs is 1. The van der Waals surface area contributed by atoms with E-state index in [4.69, 9.17) is 4.42 Å². The van der Waals surface area contributed by atoms with Crippen molar-refractivity contribution in [3.8, 4) is 0 Å². The molecule has 0 atom stereocenters. The molecular weight excluding hydrogens is 228 g/mol. The number of nitrogens with one attached hydrogen (secondary N) is 1. The number of benzene rings is 1. The quantitative estimate of drug-likeness (QED) is 0.746. The van der Waals surface area contributed by atoms with Crippen molar-refractivity contribution in [2.45, 2.75) is 0 Å². The molecule has 0 fully saturated rings. The van der Waals surface area contributed by atoms with Gasteiger partial charge in [-0.1, -0.05) is 18.2 Å². The third-order valence-electron chi connectivity index (χ3n) is 2.66. The lowest BCUT2D eigenvalue weighted by Gasteiger charge is -2.02. The van der Waals surface area contributed by atoms with Crippen molar-refractivity contribution in [3.05, 3.63) is 60.6 Å². The maximum Gasteiger partial charge on any atom is 0.259 e. The van der Waals surface area contributed by atoms with Crippen molar-refractivity contribution in [1.29, 1.82) is 0 Å². The van der Waals surface area contributed by atoms with Gasteiger partial charge in [-0.3, -0.25) is 9.78 Å². The number of amides is 1. The highest BCUT2D eigenvalue weighted by Crippen LogP contribution is 2.21. The van der Waals surface area contributed by atoms with Gasteiger partial charge in [0.25, 0.3) is 5.91 Å². The minimum absolute atomic E-state index is 0.189. The summed E-state index contributed by atoms with van der Waals surface area (Å²) in [5.74, 6) is -0.189. The van der Waals surface area contributed by atoms with Crippen LogP contribution in [0.15, 0.2) is 59.5 Å². The molecule has 0 spiro atoms. The molecule has 0 radical (unpaired) electrons. The van der Waals surface area contributed by atoms with Gasteiger partial charge in [-0.25, -0.2) is 0 Å². The van der Waals surface area contributed by atoms with Crippen LogP contribution in [0.5, 0.6) is 0 Å². The van der Waals surface area contributed by atoms with Crippen LogP contribution in [0.2, 0.25) is 0 Å². The van der Waals surface area contributed by atoms with Gasteiger partial charge in [0.15, 0.2) is 0 Å². The van der Waals surface area contributed by atoms with Crippen LogP contribution >= 0.6 is 0 Å². The molecule has 0 aliphatic carbocycles. The van der Waals surface area contributed by atoms with E-state index in [1.54, 1.807) is 24.5 Å². The first-order valence-corrected chi connectivity index (χ1v) is 5.52. The average molecular weight is 238 g/mol. The number of hydrogen-bond acceptors (Lipinski definition) is 3. The molecule has 4 nitrogen and oxygen atoms in total. The van der Waals surface area contributed by atoms with Gasteiger partial charge in [-0.05, 0) is 18.2 Å². The molecular formula is C14H10N2O2. The number of rotatable bonds is 2. The highest BCUT2D eigenvalue weighted by atomic mass is 16.3. The predicted molar refractivity (Wildman–Crippen MR) is 68.4 cm³/mol. The molecule has 2 aromatic heterocycles. The molecule has 3 aromatic rings. The largest absolute Gasteiger partial charge is 0.463 e. The Morgan fingerprint density at radius 2 is 1.89 bits per heavy atom. The SMILES string of the molecule is O=C(Nc1ccncc1)c1coc2ccccc12. The fourth-order valence-corrected chi connectivity index (χ4v) is 1.79. The number of furan rings is 1. The molecule has 1 aromatic carbocycles. The van der Waals surface area contributed by atoms with Gasteiger partial charge in [0, 0.05) is 23.5 Å². The Morgan fingerprint density at radius 3 is 2.72 bits per heavy atom. The second-order valence-electron chi connectivity index (χ2n) is 3.84. The summed E-state index contributed by atoms with van der Waals surface area (Å²) in [5.41, 5.74) is 1.94. The maximum absolute atomic E-state index is 12.1. The van der Waals surface area contributed by atoms with E-state index in [1.807, 2.05) is 24.3 Å². The summed E-state index contributed by atoms with van der Waals surface area (Å²) >= 11 is 0. The molecule has 0 aliphatic heterocycles. The molecule has 4 heteroatoms. The van der Waals surface area contributed by atoms with Gasteiger partial charge >= 0.3 is 0 Å². The topological polar surface area (TPSA) is 55.1 Å². The highest BCUT2D eigenvalue weighted by Gasteiger charge is 2.13. The summed E-state index contributed by atoms with van der Waals surface area (Å²) in [4.78, 5) is 16.0. The second kappa shape index (κ2) is 4.33. The van der Waals surface area contributed by atoms with Crippen molar-refractivity contribution >= 4 is 22.6 Å². The number of nitrogens with zero attached hydrogens (tertiary/aromatic N) is 1.